The van der Waals surface area contributed by atoms with Gasteiger partial charge in [0.1, 0.15) is 0 Å². The average Bonchev–Trinajstić information content (AvgIpc) is 2.77. The van der Waals surface area contributed by atoms with Gasteiger partial charge >= 0.3 is 23.2 Å². The fraction of sp³-hybridized carbons (Fsp3) is 0.556. The molecule has 0 spiro atoms. The van der Waals surface area contributed by atoms with Gasteiger partial charge in [0.2, 0.25) is 0 Å². The average molecular weight is 475 g/mol. The SMILES string of the molecule is CC1C(C)C(C)C(C)C1C.OO.[C-]#Cc1ccccc1.[O]=[W]. The fourth-order valence-corrected chi connectivity index (χ4v) is 2.92. The molecule has 0 aromatic heterocycles. The molecule has 0 radical (unpaired) electrons. The van der Waals surface area contributed by atoms with E-state index in [2.05, 4.69) is 40.5 Å². The number of hydrogen-bond donors (Lipinski definition) is 2. The third-order valence-corrected chi connectivity index (χ3v) is 5.06. The van der Waals surface area contributed by atoms with Gasteiger partial charge in [-0.25, -0.2) is 0 Å². The molecule has 124 valence electrons. The quantitative estimate of drug-likeness (QED) is 0.248. The third-order valence-electron chi connectivity index (χ3n) is 5.06. The summed E-state index contributed by atoms with van der Waals surface area (Å²) >= 11 is 0.333. The van der Waals surface area contributed by atoms with Crippen LogP contribution in [0, 0.1) is 41.9 Å². The molecule has 4 heteroatoms. The van der Waals surface area contributed by atoms with Crippen LogP contribution < -0.4 is 0 Å². The van der Waals surface area contributed by atoms with Crippen LogP contribution >= 0.6 is 0 Å². The second-order valence-electron chi connectivity index (χ2n) is 5.79. The van der Waals surface area contributed by atoms with Crippen molar-refractivity contribution in [2.24, 2.45) is 29.6 Å². The van der Waals surface area contributed by atoms with Gasteiger partial charge in [-0.2, -0.15) is 0 Å². The van der Waals surface area contributed by atoms with E-state index in [0.717, 1.165) is 35.2 Å². The molecule has 22 heavy (non-hydrogen) atoms. The van der Waals surface area contributed by atoms with Crippen molar-refractivity contribution in [3.63, 3.8) is 0 Å². The molecule has 1 fully saturated rings. The Hall–Kier alpha value is -0.812. The Labute approximate surface area is 146 Å². The van der Waals surface area contributed by atoms with E-state index >= 15 is 0 Å². The zero-order chi connectivity index (χ0) is 17.7. The van der Waals surface area contributed by atoms with Crippen LogP contribution in [0.5, 0.6) is 0 Å². The van der Waals surface area contributed by atoms with E-state index in [4.69, 9.17) is 20.3 Å². The van der Waals surface area contributed by atoms with Crippen molar-refractivity contribution in [3.8, 4) is 5.92 Å². The molecule has 2 rings (SSSR count). The van der Waals surface area contributed by atoms with E-state index < -0.39 is 0 Å². The van der Waals surface area contributed by atoms with Crippen molar-refractivity contribution in [1.82, 2.24) is 0 Å². The van der Waals surface area contributed by atoms with E-state index in [-0.39, 0.29) is 0 Å². The maximum absolute atomic E-state index is 8.33. The molecule has 3 nitrogen and oxygen atoms in total. The summed E-state index contributed by atoms with van der Waals surface area (Å²) in [6.45, 7) is 12.0. The van der Waals surface area contributed by atoms with Crippen molar-refractivity contribution in [1.29, 1.82) is 0 Å². The van der Waals surface area contributed by atoms with Gasteiger partial charge < -0.3 is 6.42 Å². The molecule has 1 aromatic carbocycles. The Morgan fingerprint density at radius 3 is 1.27 bits per heavy atom. The van der Waals surface area contributed by atoms with Gasteiger partial charge in [-0.05, 0) is 29.6 Å². The van der Waals surface area contributed by atoms with Crippen LogP contribution in [0.25, 0.3) is 0 Å². The summed E-state index contributed by atoms with van der Waals surface area (Å²) in [5.74, 6) is 6.95. The van der Waals surface area contributed by atoms with Crippen molar-refractivity contribution >= 4 is 0 Å². The molecular weight excluding hydrogens is 448 g/mol. The van der Waals surface area contributed by atoms with Crippen molar-refractivity contribution in [3.05, 3.63) is 42.3 Å². The van der Waals surface area contributed by atoms with E-state index in [9.17, 15) is 0 Å². The molecule has 1 aliphatic rings. The molecule has 2 N–H and O–H groups in total. The molecule has 0 aliphatic heterocycles. The van der Waals surface area contributed by atoms with Crippen LogP contribution in [-0.4, -0.2) is 10.5 Å². The fourth-order valence-electron chi connectivity index (χ4n) is 2.92. The maximum atomic E-state index is 8.33. The second-order valence-corrected chi connectivity index (χ2v) is 5.79. The van der Waals surface area contributed by atoms with Gasteiger partial charge in [-0.3, -0.25) is 16.4 Å². The van der Waals surface area contributed by atoms with Crippen LogP contribution in [-0.2, 0) is 23.2 Å². The number of rotatable bonds is 0. The Bertz CT molecular complexity index is 371. The summed E-state index contributed by atoms with van der Waals surface area (Å²) in [5.41, 5.74) is 0.826. The molecule has 0 atom stereocenters. The van der Waals surface area contributed by atoms with Crippen LogP contribution in [0.1, 0.15) is 40.2 Å². The second kappa shape index (κ2) is 13.8. The van der Waals surface area contributed by atoms with Gasteiger partial charge in [0.05, 0.1) is 0 Å². The van der Waals surface area contributed by atoms with Gasteiger partial charge in [0, 0.05) is 0 Å². The standard InChI is InChI=1S/C10H20.C8H5.H2O2.O.W/c1-6-7(2)9(4)10(5)8(6)3;1-2-8-6-4-3-5-7-8;1-2;;/h6-10H,1-5H3;3-7H;1-2H;;/q;-1;;;. The Morgan fingerprint density at radius 1 is 0.818 bits per heavy atom. The normalized spacial score (nSPS) is 28.5. The van der Waals surface area contributed by atoms with Crippen molar-refractivity contribution in [2.75, 3.05) is 0 Å². The first-order valence-corrected chi connectivity index (χ1v) is 8.53. The zero-order valence-corrected chi connectivity index (χ0v) is 16.9. The molecule has 0 saturated heterocycles. The molecule has 0 amide bonds. The Kier molecular flexibility index (Phi) is 14.7. The van der Waals surface area contributed by atoms with Crippen LogP contribution in [0.15, 0.2) is 30.3 Å². The van der Waals surface area contributed by atoms with Gasteiger partial charge in [0.25, 0.3) is 0 Å². The molecule has 0 heterocycles. The summed E-state index contributed by atoms with van der Waals surface area (Å²) in [7, 11) is 0. The van der Waals surface area contributed by atoms with Crippen LogP contribution in [0.4, 0.5) is 0 Å². The summed E-state index contributed by atoms with van der Waals surface area (Å²) in [4.78, 5) is 0. The minimum absolute atomic E-state index is 0.333. The minimum atomic E-state index is 0.333. The molecule has 1 aromatic rings. The topological polar surface area (TPSA) is 57.5 Å². The summed E-state index contributed by atoms with van der Waals surface area (Å²) in [6, 6.07) is 9.37. The molecular formula is C18H27O3W-. The monoisotopic (exact) mass is 475 g/mol. The zero-order valence-electron chi connectivity index (χ0n) is 14.0. The molecule has 1 aliphatic carbocycles. The van der Waals surface area contributed by atoms with E-state index in [1.165, 1.54) is 0 Å². The predicted molar refractivity (Wildman–Crippen MR) is 84.4 cm³/mol. The van der Waals surface area contributed by atoms with E-state index in [1.807, 2.05) is 30.3 Å². The van der Waals surface area contributed by atoms with Crippen LogP contribution in [0.2, 0.25) is 0 Å². The first-order valence-electron chi connectivity index (χ1n) is 7.33. The number of hydrogen-bond acceptors (Lipinski definition) is 3. The number of benzene rings is 1. The van der Waals surface area contributed by atoms with Gasteiger partial charge in [-0.1, -0.05) is 52.8 Å². The Balaban J connectivity index is 0. The van der Waals surface area contributed by atoms with Gasteiger partial charge in [-0.15, -0.1) is 17.7 Å². The summed E-state index contributed by atoms with van der Waals surface area (Å²) in [6.07, 6.45) is 6.69. The molecule has 0 unspecified atom stereocenters. The first-order chi connectivity index (χ1) is 10.5. The van der Waals surface area contributed by atoms with Crippen molar-refractivity contribution in [2.45, 2.75) is 34.6 Å². The molecule has 1 saturated carbocycles. The Morgan fingerprint density at radius 2 is 1.09 bits per heavy atom. The summed E-state index contributed by atoms with van der Waals surface area (Å²) in [5, 5.41) is 12.0. The molecule has 0 bridgehead atoms. The summed E-state index contributed by atoms with van der Waals surface area (Å²) < 4.78 is 8.33. The van der Waals surface area contributed by atoms with Crippen LogP contribution in [0.3, 0.4) is 0 Å². The van der Waals surface area contributed by atoms with E-state index in [1.54, 1.807) is 0 Å². The van der Waals surface area contributed by atoms with Gasteiger partial charge in [0.15, 0.2) is 0 Å². The van der Waals surface area contributed by atoms with E-state index in [0.29, 0.717) is 19.8 Å². The van der Waals surface area contributed by atoms with Crippen molar-refractivity contribution < 1.29 is 33.7 Å². The third kappa shape index (κ3) is 7.45. The first kappa shape index (κ1) is 23.5. The predicted octanol–water partition coefficient (Wildman–Crippen LogP) is 4.70.